The lowest BCUT2D eigenvalue weighted by molar-refractivity contribution is 0.252. The number of piperidine rings is 1. The summed E-state index contributed by atoms with van der Waals surface area (Å²) in [7, 11) is 0. The molecule has 2 aliphatic heterocycles. The number of nitrogens with zero attached hydrogens (tertiary/aromatic N) is 2. The van der Waals surface area contributed by atoms with E-state index in [1.807, 2.05) is 24.3 Å². The molecule has 0 amide bonds. The summed E-state index contributed by atoms with van der Waals surface area (Å²) in [5.74, 6) is 0.0874. The first-order valence-electron chi connectivity index (χ1n) is 10.5. The standard InChI is InChI=1S/C18H21N3S/c1-12-11-14-17(13-7-9-21(2)10-8-13)19-15-5-3-4-6-16(15)20-18(14)22-12/h3-6,11,13,20H,7-10H2,1-2H3/i1D3,2D3. The summed E-state index contributed by atoms with van der Waals surface area (Å²) in [6.45, 7) is -3.30. The van der Waals surface area contributed by atoms with Crippen molar-refractivity contribution in [2.75, 3.05) is 25.4 Å². The van der Waals surface area contributed by atoms with Crippen molar-refractivity contribution in [2.45, 2.75) is 19.7 Å². The lowest BCUT2D eigenvalue weighted by Gasteiger charge is -2.29. The number of thiophene rings is 1. The van der Waals surface area contributed by atoms with Gasteiger partial charge in [-0.3, -0.25) is 4.99 Å². The second kappa shape index (κ2) is 5.52. The van der Waals surface area contributed by atoms with E-state index in [1.54, 1.807) is 6.07 Å². The Hall–Kier alpha value is -1.65. The van der Waals surface area contributed by atoms with Crippen LogP contribution in [0.25, 0.3) is 0 Å². The van der Waals surface area contributed by atoms with Crippen molar-refractivity contribution < 1.29 is 8.22 Å². The number of anilines is 2. The maximum absolute atomic E-state index is 7.77. The number of fused-ring (bicyclic) bond motifs is 2. The van der Waals surface area contributed by atoms with Crippen LogP contribution in [0, 0.1) is 12.8 Å². The quantitative estimate of drug-likeness (QED) is 0.834. The van der Waals surface area contributed by atoms with Crippen LogP contribution in [-0.2, 0) is 0 Å². The average Bonchev–Trinajstić information content (AvgIpc) is 2.98. The van der Waals surface area contributed by atoms with Crippen LogP contribution in [0.5, 0.6) is 0 Å². The van der Waals surface area contributed by atoms with Gasteiger partial charge in [0.2, 0.25) is 0 Å². The molecule has 22 heavy (non-hydrogen) atoms. The molecule has 1 aromatic carbocycles. The van der Waals surface area contributed by atoms with Crippen LogP contribution in [-0.4, -0.2) is 30.7 Å². The van der Waals surface area contributed by atoms with Gasteiger partial charge in [-0.2, -0.15) is 0 Å². The van der Waals surface area contributed by atoms with Gasteiger partial charge in [0, 0.05) is 24.6 Å². The van der Waals surface area contributed by atoms with Crippen molar-refractivity contribution in [2.24, 2.45) is 10.9 Å². The van der Waals surface area contributed by atoms with Crippen LogP contribution in [0.2, 0.25) is 0 Å². The van der Waals surface area contributed by atoms with Gasteiger partial charge in [-0.05, 0) is 58.0 Å². The maximum atomic E-state index is 7.77. The molecule has 2 aromatic rings. The molecule has 1 N–H and O–H groups in total. The Morgan fingerprint density at radius 3 is 3.00 bits per heavy atom. The van der Waals surface area contributed by atoms with Gasteiger partial charge in [0.1, 0.15) is 5.00 Å². The van der Waals surface area contributed by atoms with Gasteiger partial charge < -0.3 is 10.2 Å². The molecule has 0 atom stereocenters. The second-order valence-electron chi connectivity index (χ2n) is 5.75. The SMILES string of the molecule is [2H]C([2H])([2H])c1cc2c(s1)Nc1ccccc1N=C2C1CCN(C([2H])([2H])[2H])CC1. The molecule has 0 spiro atoms. The summed E-state index contributed by atoms with van der Waals surface area (Å²) in [5, 5.41) is 4.14. The van der Waals surface area contributed by atoms with E-state index < -0.39 is 13.8 Å². The molecule has 1 saturated heterocycles. The molecule has 0 radical (unpaired) electrons. The van der Waals surface area contributed by atoms with Crippen LogP contribution >= 0.6 is 11.3 Å². The normalized spacial score (nSPS) is 24.1. The molecule has 1 fully saturated rings. The predicted molar refractivity (Wildman–Crippen MR) is 95.2 cm³/mol. The first kappa shape index (κ1) is 8.85. The number of nitrogens with one attached hydrogen (secondary N) is 1. The third-order valence-electron chi connectivity index (χ3n) is 4.28. The Bertz CT molecular complexity index is 907. The number of para-hydroxylation sites is 2. The minimum absolute atomic E-state index is 0.0874. The van der Waals surface area contributed by atoms with E-state index >= 15 is 0 Å². The fourth-order valence-electron chi connectivity index (χ4n) is 3.13. The zero-order valence-electron chi connectivity index (χ0n) is 18.1. The van der Waals surface area contributed by atoms with E-state index in [0.717, 1.165) is 27.7 Å². The number of likely N-dealkylation sites (tertiary alicyclic amines) is 1. The summed E-state index contributed by atoms with van der Waals surface area (Å²) in [6.07, 6.45) is 1.36. The molecule has 0 saturated carbocycles. The number of aliphatic imine (C=N–C) groups is 1. The van der Waals surface area contributed by atoms with Gasteiger partial charge >= 0.3 is 0 Å². The van der Waals surface area contributed by atoms with E-state index in [0.29, 0.717) is 30.8 Å². The maximum Gasteiger partial charge on any atom is 0.102 e. The van der Waals surface area contributed by atoms with Crippen LogP contribution in [0.1, 0.15) is 31.5 Å². The third kappa shape index (κ3) is 2.46. The van der Waals surface area contributed by atoms with Crippen molar-refractivity contribution in [3.8, 4) is 0 Å². The van der Waals surface area contributed by atoms with Gasteiger partial charge in [0.25, 0.3) is 0 Å². The van der Waals surface area contributed by atoms with E-state index in [1.165, 1.54) is 16.2 Å². The number of aryl methyl sites for hydroxylation is 1. The van der Waals surface area contributed by atoms with Crippen molar-refractivity contribution in [3.63, 3.8) is 0 Å². The molecule has 0 unspecified atom stereocenters. The zero-order valence-corrected chi connectivity index (χ0v) is 12.9. The Kier molecular flexibility index (Phi) is 2.22. The highest BCUT2D eigenvalue weighted by atomic mass is 32.1. The number of rotatable bonds is 1. The van der Waals surface area contributed by atoms with Gasteiger partial charge in [0.05, 0.1) is 17.1 Å². The fourth-order valence-corrected chi connectivity index (χ4v) is 3.96. The highest BCUT2D eigenvalue weighted by Crippen LogP contribution is 2.40. The Labute approximate surface area is 144 Å². The molecule has 3 nitrogen and oxygen atoms in total. The fraction of sp³-hybridized carbons (Fsp3) is 0.389. The topological polar surface area (TPSA) is 27.6 Å². The summed E-state index contributed by atoms with van der Waals surface area (Å²) in [5.41, 5.74) is 3.33. The van der Waals surface area contributed by atoms with Crippen molar-refractivity contribution in [1.29, 1.82) is 0 Å². The molecular weight excluding hydrogens is 290 g/mol. The zero-order chi connectivity index (χ0) is 20.1. The van der Waals surface area contributed by atoms with Crippen LogP contribution in [0.3, 0.4) is 0 Å². The number of hydrogen-bond acceptors (Lipinski definition) is 4. The first-order valence-corrected chi connectivity index (χ1v) is 8.29. The third-order valence-corrected chi connectivity index (χ3v) is 5.15. The summed E-state index contributed by atoms with van der Waals surface area (Å²) < 4.78 is 46.1. The smallest absolute Gasteiger partial charge is 0.102 e. The van der Waals surface area contributed by atoms with Crippen LogP contribution in [0.4, 0.5) is 16.4 Å². The first-order chi connectivity index (χ1) is 13.1. The lowest BCUT2D eigenvalue weighted by atomic mass is 9.88. The average molecular weight is 317 g/mol. The molecule has 0 aliphatic carbocycles. The van der Waals surface area contributed by atoms with Gasteiger partial charge in [-0.25, -0.2) is 0 Å². The molecule has 3 heterocycles. The summed E-state index contributed by atoms with van der Waals surface area (Å²) >= 11 is 1.24. The van der Waals surface area contributed by atoms with E-state index in [4.69, 9.17) is 13.2 Å². The molecular formula is C18H21N3S. The van der Waals surface area contributed by atoms with Gasteiger partial charge in [0.15, 0.2) is 0 Å². The molecule has 4 rings (SSSR count). The predicted octanol–water partition coefficient (Wildman–Crippen LogP) is 4.58. The lowest BCUT2D eigenvalue weighted by Crippen LogP contribution is -2.33. The monoisotopic (exact) mass is 317 g/mol. The molecule has 4 heteroatoms. The highest BCUT2D eigenvalue weighted by Gasteiger charge is 2.27. The van der Waals surface area contributed by atoms with Crippen LogP contribution in [0.15, 0.2) is 35.3 Å². The van der Waals surface area contributed by atoms with E-state index in [9.17, 15) is 0 Å². The van der Waals surface area contributed by atoms with Gasteiger partial charge in [-0.1, -0.05) is 12.1 Å². The minimum Gasteiger partial charge on any atom is -0.345 e. The summed E-state index contributed by atoms with van der Waals surface area (Å²) in [6, 6.07) is 9.42. The van der Waals surface area contributed by atoms with Crippen molar-refractivity contribution in [3.05, 3.63) is 40.8 Å². The Morgan fingerprint density at radius 1 is 1.32 bits per heavy atom. The van der Waals surface area contributed by atoms with Crippen LogP contribution < -0.4 is 5.32 Å². The highest BCUT2D eigenvalue weighted by molar-refractivity contribution is 7.16. The van der Waals surface area contributed by atoms with E-state index in [-0.39, 0.29) is 5.92 Å². The summed E-state index contributed by atoms with van der Waals surface area (Å²) in [4.78, 5) is 6.76. The van der Waals surface area contributed by atoms with Gasteiger partial charge in [-0.15, -0.1) is 11.3 Å². The Morgan fingerprint density at radius 2 is 2.18 bits per heavy atom. The van der Waals surface area contributed by atoms with Crippen molar-refractivity contribution >= 4 is 33.4 Å². The van der Waals surface area contributed by atoms with E-state index in [2.05, 4.69) is 5.32 Å². The molecule has 2 aliphatic rings. The minimum atomic E-state index is -2.17. The second-order valence-corrected chi connectivity index (χ2v) is 6.81. The molecule has 114 valence electrons. The van der Waals surface area contributed by atoms with Crippen molar-refractivity contribution in [1.82, 2.24) is 4.90 Å². The number of benzene rings is 1. The molecule has 1 aromatic heterocycles. The Balaban J connectivity index is 1.73. The number of hydrogen-bond donors (Lipinski definition) is 1. The molecule has 0 bridgehead atoms. The largest absolute Gasteiger partial charge is 0.345 e.